The molecule has 0 aliphatic carbocycles. The summed E-state index contributed by atoms with van der Waals surface area (Å²) >= 11 is 1.66. The summed E-state index contributed by atoms with van der Waals surface area (Å²) in [5.74, 6) is 0. The Morgan fingerprint density at radius 1 is 1.25 bits per heavy atom. The van der Waals surface area contributed by atoms with E-state index in [0.29, 0.717) is 6.54 Å². The predicted octanol–water partition coefficient (Wildman–Crippen LogP) is 1.96. The molecule has 0 spiro atoms. The van der Waals surface area contributed by atoms with E-state index in [9.17, 15) is 0 Å². The minimum absolute atomic E-state index is 0.133. The van der Waals surface area contributed by atoms with Crippen LogP contribution in [-0.4, -0.2) is 15.0 Å². The number of nitrogens with zero attached hydrogens (tertiary/aromatic N) is 3. The standard InChI is InChI=1S/C11H14N4S/c1-11(2,10-14-5-6-16-10)15-8-9-7-12-3-4-13-9/h3-7,15H,8H2,1-2H3. The van der Waals surface area contributed by atoms with E-state index >= 15 is 0 Å². The molecule has 4 nitrogen and oxygen atoms in total. The van der Waals surface area contributed by atoms with Gasteiger partial charge in [0.25, 0.3) is 0 Å². The maximum Gasteiger partial charge on any atom is 0.112 e. The molecule has 2 rings (SSSR count). The topological polar surface area (TPSA) is 50.7 Å². The summed E-state index contributed by atoms with van der Waals surface area (Å²) in [5.41, 5.74) is 0.804. The van der Waals surface area contributed by atoms with Crippen LogP contribution in [0.5, 0.6) is 0 Å². The Bertz CT molecular complexity index is 425. The molecule has 2 heterocycles. The molecule has 2 aromatic rings. The summed E-state index contributed by atoms with van der Waals surface area (Å²) in [6, 6.07) is 0. The predicted molar refractivity (Wildman–Crippen MR) is 64.0 cm³/mol. The lowest BCUT2D eigenvalue weighted by Crippen LogP contribution is -2.36. The lowest BCUT2D eigenvalue weighted by atomic mass is 10.1. The van der Waals surface area contributed by atoms with Gasteiger partial charge >= 0.3 is 0 Å². The first-order chi connectivity index (χ1) is 7.68. The van der Waals surface area contributed by atoms with E-state index in [-0.39, 0.29) is 5.54 Å². The third-order valence-electron chi connectivity index (χ3n) is 2.30. The van der Waals surface area contributed by atoms with Crippen LogP contribution in [0.4, 0.5) is 0 Å². The Morgan fingerprint density at radius 2 is 2.12 bits per heavy atom. The van der Waals surface area contributed by atoms with Crippen LogP contribution in [0.25, 0.3) is 0 Å². The van der Waals surface area contributed by atoms with Gasteiger partial charge in [-0.05, 0) is 13.8 Å². The number of hydrogen-bond donors (Lipinski definition) is 1. The molecule has 0 amide bonds. The van der Waals surface area contributed by atoms with Gasteiger partial charge in [0.05, 0.1) is 11.2 Å². The van der Waals surface area contributed by atoms with Gasteiger partial charge in [-0.3, -0.25) is 9.97 Å². The molecule has 0 bridgehead atoms. The van der Waals surface area contributed by atoms with Gasteiger partial charge in [-0.25, -0.2) is 4.98 Å². The number of hydrogen-bond acceptors (Lipinski definition) is 5. The highest BCUT2D eigenvalue weighted by Crippen LogP contribution is 2.22. The molecule has 0 aromatic carbocycles. The molecule has 0 saturated heterocycles. The Kier molecular flexibility index (Phi) is 3.26. The summed E-state index contributed by atoms with van der Waals surface area (Å²) in [7, 11) is 0. The van der Waals surface area contributed by atoms with Gasteiger partial charge in [0, 0.05) is 36.7 Å². The summed E-state index contributed by atoms with van der Waals surface area (Å²) < 4.78 is 0. The van der Waals surface area contributed by atoms with Gasteiger partial charge < -0.3 is 5.32 Å². The van der Waals surface area contributed by atoms with Gasteiger partial charge in [0.2, 0.25) is 0 Å². The fourth-order valence-corrected chi connectivity index (χ4v) is 2.08. The van der Waals surface area contributed by atoms with Crippen molar-refractivity contribution in [1.29, 1.82) is 0 Å². The Hall–Kier alpha value is -1.33. The molecule has 2 aromatic heterocycles. The van der Waals surface area contributed by atoms with Crippen molar-refractivity contribution in [1.82, 2.24) is 20.3 Å². The van der Waals surface area contributed by atoms with E-state index in [2.05, 4.69) is 34.1 Å². The zero-order valence-electron chi connectivity index (χ0n) is 9.34. The van der Waals surface area contributed by atoms with E-state index in [1.165, 1.54) is 0 Å². The fourth-order valence-electron chi connectivity index (χ4n) is 1.34. The maximum absolute atomic E-state index is 4.32. The van der Waals surface area contributed by atoms with Crippen LogP contribution in [0.1, 0.15) is 24.5 Å². The lowest BCUT2D eigenvalue weighted by Gasteiger charge is -2.23. The van der Waals surface area contributed by atoms with Crippen molar-refractivity contribution in [3.8, 4) is 0 Å². The zero-order valence-corrected chi connectivity index (χ0v) is 10.2. The first kappa shape index (κ1) is 11.2. The van der Waals surface area contributed by atoms with E-state index in [1.54, 1.807) is 29.9 Å². The van der Waals surface area contributed by atoms with Crippen LogP contribution in [-0.2, 0) is 12.1 Å². The van der Waals surface area contributed by atoms with Gasteiger partial charge in [-0.2, -0.15) is 0 Å². The van der Waals surface area contributed by atoms with Crippen LogP contribution in [0.2, 0.25) is 0 Å². The van der Waals surface area contributed by atoms with Crippen LogP contribution in [0.15, 0.2) is 30.2 Å². The van der Waals surface area contributed by atoms with Crippen molar-refractivity contribution >= 4 is 11.3 Å². The summed E-state index contributed by atoms with van der Waals surface area (Å²) in [5, 5.41) is 6.49. The third-order valence-corrected chi connectivity index (χ3v) is 3.39. The monoisotopic (exact) mass is 234 g/mol. The van der Waals surface area contributed by atoms with Crippen molar-refractivity contribution in [2.45, 2.75) is 25.9 Å². The van der Waals surface area contributed by atoms with Crippen molar-refractivity contribution in [3.63, 3.8) is 0 Å². The summed E-state index contributed by atoms with van der Waals surface area (Å²) in [4.78, 5) is 12.6. The SMILES string of the molecule is CC(C)(NCc1cnccn1)c1nccs1. The second kappa shape index (κ2) is 4.67. The number of nitrogens with one attached hydrogen (secondary N) is 1. The van der Waals surface area contributed by atoms with Crippen molar-refractivity contribution in [2.75, 3.05) is 0 Å². The quantitative estimate of drug-likeness (QED) is 0.878. The van der Waals surface area contributed by atoms with E-state index in [4.69, 9.17) is 0 Å². The van der Waals surface area contributed by atoms with Gasteiger partial charge in [0.15, 0.2) is 0 Å². The molecule has 0 unspecified atom stereocenters. The van der Waals surface area contributed by atoms with Crippen molar-refractivity contribution in [3.05, 3.63) is 40.9 Å². The maximum atomic E-state index is 4.32. The first-order valence-corrected chi connectivity index (χ1v) is 5.96. The highest BCUT2D eigenvalue weighted by atomic mass is 32.1. The van der Waals surface area contributed by atoms with Gasteiger partial charge in [-0.1, -0.05) is 0 Å². The average Bonchev–Trinajstić information content (AvgIpc) is 2.82. The second-order valence-corrected chi connectivity index (χ2v) is 4.91. The molecule has 16 heavy (non-hydrogen) atoms. The van der Waals surface area contributed by atoms with Crippen LogP contribution >= 0.6 is 11.3 Å². The highest BCUT2D eigenvalue weighted by molar-refractivity contribution is 7.09. The number of thiazole rings is 1. The minimum atomic E-state index is -0.133. The third kappa shape index (κ3) is 2.62. The second-order valence-electron chi connectivity index (χ2n) is 4.01. The molecule has 0 fully saturated rings. The molecule has 0 radical (unpaired) electrons. The van der Waals surface area contributed by atoms with Crippen molar-refractivity contribution < 1.29 is 0 Å². The lowest BCUT2D eigenvalue weighted by molar-refractivity contribution is 0.396. The molecule has 1 N–H and O–H groups in total. The molecule has 0 aliphatic heterocycles. The van der Waals surface area contributed by atoms with Gasteiger partial charge in [-0.15, -0.1) is 11.3 Å². The smallest absolute Gasteiger partial charge is 0.112 e. The molecule has 84 valence electrons. The Morgan fingerprint density at radius 3 is 2.75 bits per heavy atom. The summed E-state index contributed by atoms with van der Waals surface area (Å²) in [6.45, 7) is 4.92. The first-order valence-electron chi connectivity index (χ1n) is 5.08. The molecular formula is C11H14N4S. The molecule has 0 atom stereocenters. The molecule has 0 saturated carbocycles. The minimum Gasteiger partial charge on any atom is -0.300 e. The largest absolute Gasteiger partial charge is 0.300 e. The normalized spacial score (nSPS) is 11.6. The van der Waals surface area contributed by atoms with Gasteiger partial charge in [0.1, 0.15) is 5.01 Å². The highest BCUT2D eigenvalue weighted by Gasteiger charge is 2.22. The van der Waals surface area contributed by atoms with Crippen molar-refractivity contribution in [2.24, 2.45) is 0 Å². The van der Waals surface area contributed by atoms with E-state index < -0.39 is 0 Å². The van der Waals surface area contributed by atoms with Crippen LogP contribution < -0.4 is 5.32 Å². The van der Waals surface area contributed by atoms with E-state index in [1.807, 2.05) is 11.6 Å². The number of aromatic nitrogens is 3. The van der Waals surface area contributed by atoms with Crippen LogP contribution in [0.3, 0.4) is 0 Å². The molecule has 5 heteroatoms. The Labute approximate surface area is 98.8 Å². The van der Waals surface area contributed by atoms with E-state index in [0.717, 1.165) is 10.7 Å². The Balaban J connectivity index is 2.00. The molecular weight excluding hydrogens is 220 g/mol. The number of rotatable bonds is 4. The molecule has 0 aliphatic rings. The average molecular weight is 234 g/mol. The summed E-state index contributed by atoms with van der Waals surface area (Å²) in [6.07, 6.45) is 6.97. The fraction of sp³-hybridized carbons (Fsp3) is 0.364. The zero-order chi connectivity index (χ0) is 11.4. The van der Waals surface area contributed by atoms with Crippen LogP contribution in [0, 0.1) is 0 Å².